The van der Waals surface area contributed by atoms with Crippen molar-refractivity contribution in [1.82, 2.24) is 0 Å². The second-order valence-corrected chi connectivity index (χ2v) is 10.7. The second kappa shape index (κ2) is 10.7. The zero-order chi connectivity index (χ0) is 24.9. The van der Waals surface area contributed by atoms with E-state index in [-0.39, 0.29) is 11.6 Å². The van der Waals surface area contributed by atoms with Crippen molar-refractivity contribution in [3.05, 3.63) is 144 Å². The van der Waals surface area contributed by atoms with Crippen LogP contribution in [0, 0.1) is 12.7 Å². The third kappa shape index (κ3) is 4.98. The van der Waals surface area contributed by atoms with Crippen LogP contribution in [0.25, 0.3) is 11.1 Å². The summed E-state index contributed by atoms with van der Waals surface area (Å²) in [6.07, 6.45) is 0. The minimum atomic E-state index is -0.877. The maximum absolute atomic E-state index is 14.3. The van der Waals surface area contributed by atoms with Crippen molar-refractivity contribution in [3.8, 4) is 11.1 Å². The highest BCUT2D eigenvalue weighted by atomic mass is 31.1. The average molecular weight is 490 g/mol. The molecule has 176 valence electrons. The highest BCUT2D eigenvalue weighted by molar-refractivity contribution is 7.80. The van der Waals surface area contributed by atoms with Crippen LogP contribution in [0.4, 0.5) is 10.1 Å². The molecule has 0 saturated heterocycles. The Morgan fingerprint density at radius 2 is 1.25 bits per heavy atom. The van der Waals surface area contributed by atoms with Gasteiger partial charge in [0, 0.05) is 5.56 Å². The monoisotopic (exact) mass is 489 g/mol. The molecule has 0 spiro atoms. The van der Waals surface area contributed by atoms with Gasteiger partial charge in [0.25, 0.3) is 5.91 Å². The smallest absolute Gasteiger partial charge is 0.256 e. The van der Waals surface area contributed by atoms with E-state index in [2.05, 4.69) is 72.0 Å². The first kappa shape index (κ1) is 23.7. The summed E-state index contributed by atoms with van der Waals surface area (Å²) >= 11 is 0. The number of anilines is 1. The Morgan fingerprint density at radius 3 is 1.92 bits per heavy atom. The number of aryl methyl sites for hydroxylation is 1. The molecule has 0 radical (unpaired) electrons. The Balaban J connectivity index is 1.66. The van der Waals surface area contributed by atoms with Gasteiger partial charge in [-0.05, 0) is 60.1 Å². The number of carbonyl (C=O) groups excluding carboxylic acids is 1. The molecule has 2 nitrogen and oxygen atoms in total. The summed E-state index contributed by atoms with van der Waals surface area (Å²) in [5.41, 5.74) is 3.55. The Kier molecular flexibility index (Phi) is 7.02. The first-order valence-electron chi connectivity index (χ1n) is 11.8. The van der Waals surface area contributed by atoms with Crippen molar-refractivity contribution in [3.63, 3.8) is 0 Å². The number of nitrogens with one attached hydrogen (secondary N) is 1. The van der Waals surface area contributed by atoms with Crippen LogP contribution < -0.4 is 21.2 Å². The van der Waals surface area contributed by atoms with Crippen molar-refractivity contribution in [2.24, 2.45) is 0 Å². The molecule has 0 unspecified atom stereocenters. The van der Waals surface area contributed by atoms with Crippen molar-refractivity contribution < 1.29 is 9.18 Å². The summed E-state index contributed by atoms with van der Waals surface area (Å²) in [5.74, 6) is -0.801. The van der Waals surface area contributed by atoms with E-state index in [9.17, 15) is 9.18 Å². The maximum Gasteiger partial charge on any atom is 0.256 e. The van der Waals surface area contributed by atoms with Crippen molar-refractivity contribution >= 4 is 35.4 Å². The van der Waals surface area contributed by atoms with E-state index in [1.807, 2.05) is 43.3 Å². The van der Waals surface area contributed by atoms with Gasteiger partial charge in [0.2, 0.25) is 0 Å². The predicted octanol–water partition coefficient (Wildman–Crippen LogP) is 6.81. The van der Waals surface area contributed by atoms with Crippen LogP contribution in [0.3, 0.4) is 0 Å². The molecule has 0 atom stereocenters. The van der Waals surface area contributed by atoms with Crippen LogP contribution in [0.2, 0.25) is 0 Å². The molecule has 0 bridgehead atoms. The lowest BCUT2D eigenvalue weighted by Gasteiger charge is -2.23. The molecular weight excluding hydrogens is 464 g/mol. The van der Waals surface area contributed by atoms with Crippen LogP contribution >= 0.6 is 7.92 Å². The highest BCUT2D eigenvalue weighted by Crippen LogP contribution is 2.38. The number of rotatable bonds is 6. The zero-order valence-electron chi connectivity index (χ0n) is 19.9. The maximum atomic E-state index is 14.3. The fourth-order valence-electron chi connectivity index (χ4n) is 4.31. The van der Waals surface area contributed by atoms with E-state index in [1.165, 1.54) is 16.7 Å². The van der Waals surface area contributed by atoms with Gasteiger partial charge in [-0.15, -0.1) is 0 Å². The van der Waals surface area contributed by atoms with Crippen molar-refractivity contribution in [1.29, 1.82) is 0 Å². The summed E-state index contributed by atoms with van der Waals surface area (Å²) in [5, 5.41) is 6.39. The first-order chi connectivity index (χ1) is 17.6. The van der Waals surface area contributed by atoms with Crippen LogP contribution in [-0.4, -0.2) is 5.91 Å². The fourth-order valence-corrected chi connectivity index (χ4v) is 6.77. The Bertz CT molecular complexity index is 1460. The average Bonchev–Trinajstić information content (AvgIpc) is 2.91. The molecule has 1 N–H and O–H groups in total. The summed E-state index contributed by atoms with van der Waals surface area (Å²) in [7, 11) is -0.877. The molecule has 0 aromatic heterocycles. The quantitative estimate of drug-likeness (QED) is 0.261. The Morgan fingerprint density at radius 1 is 0.667 bits per heavy atom. The topological polar surface area (TPSA) is 29.1 Å². The van der Waals surface area contributed by atoms with Crippen LogP contribution in [0.5, 0.6) is 0 Å². The molecule has 0 aliphatic rings. The van der Waals surface area contributed by atoms with E-state index < -0.39 is 13.7 Å². The minimum Gasteiger partial charge on any atom is -0.319 e. The third-order valence-electron chi connectivity index (χ3n) is 6.01. The van der Waals surface area contributed by atoms with Gasteiger partial charge in [-0.25, -0.2) is 4.39 Å². The molecule has 1 amide bonds. The lowest BCUT2D eigenvalue weighted by Crippen LogP contribution is -2.23. The zero-order valence-corrected chi connectivity index (χ0v) is 20.8. The summed E-state index contributed by atoms with van der Waals surface area (Å²) in [4.78, 5) is 13.4. The first-order valence-corrected chi connectivity index (χ1v) is 13.1. The number of benzene rings is 5. The van der Waals surface area contributed by atoms with Crippen LogP contribution in [0.15, 0.2) is 127 Å². The van der Waals surface area contributed by atoms with Crippen LogP contribution in [-0.2, 0) is 0 Å². The molecule has 0 fully saturated rings. The van der Waals surface area contributed by atoms with Gasteiger partial charge in [0.05, 0.1) is 5.69 Å². The molecule has 5 rings (SSSR count). The number of hydrogen-bond donors (Lipinski definition) is 1. The molecule has 36 heavy (non-hydrogen) atoms. The lowest BCUT2D eigenvalue weighted by atomic mass is 9.97. The van der Waals surface area contributed by atoms with Gasteiger partial charge < -0.3 is 5.32 Å². The fraction of sp³-hybridized carbons (Fsp3) is 0.0312. The van der Waals surface area contributed by atoms with Crippen LogP contribution in [0.1, 0.15) is 15.9 Å². The molecular formula is C32H25FNOP. The van der Waals surface area contributed by atoms with Gasteiger partial charge >= 0.3 is 0 Å². The minimum absolute atomic E-state index is 0.165. The van der Waals surface area contributed by atoms with E-state index in [4.69, 9.17) is 0 Å². The van der Waals surface area contributed by atoms with Crippen molar-refractivity contribution in [2.45, 2.75) is 6.92 Å². The molecule has 4 heteroatoms. The molecule has 0 aliphatic heterocycles. The van der Waals surface area contributed by atoms with E-state index in [0.29, 0.717) is 5.56 Å². The van der Waals surface area contributed by atoms with Gasteiger partial charge in [0.1, 0.15) is 5.82 Å². The summed E-state index contributed by atoms with van der Waals surface area (Å²) < 4.78 is 14.3. The van der Waals surface area contributed by atoms with Gasteiger partial charge in [-0.1, -0.05) is 115 Å². The Labute approximate surface area is 212 Å². The molecule has 0 heterocycles. The number of amides is 1. The second-order valence-electron chi connectivity index (χ2n) is 8.51. The summed E-state index contributed by atoms with van der Waals surface area (Å²) in [6.45, 7) is 2.02. The molecule has 5 aromatic rings. The van der Waals surface area contributed by atoms with E-state index in [1.54, 1.807) is 18.2 Å². The number of hydrogen-bond acceptors (Lipinski definition) is 1. The van der Waals surface area contributed by atoms with Gasteiger partial charge in [-0.2, -0.15) is 0 Å². The largest absolute Gasteiger partial charge is 0.319 e. The molecule has 0 aliphatic carbocycles. The summed E-state index contributed by atoms with van der Waals surface area (Å²) in [6, 6.07) is 41.3. The van der Waals surface area contributed by atoms with E-state index in [0.717, 1.165) is 22.0 Å². The number of halogens is 1. The molecule has 5 aromatic carbocycles. The third-order valence-corrected chi connectivity index (χ3v) is 8.51. The molecule has 0 saturated carbocycles. The predicted molar refractivity (Wildman–Crippen MR) is 150 cm³/mol. The van der Waals surface area contributed by atoms with E-state index >= 15 is 0 Å². The highest BCUT2D eigenvalue weighted by Gasteiger charge is 2.23. The van der Waals surface area contributed by atoms with Crippen molar-refractivity contribution in [2.75, 3.05) is 5.32 Å². The number of para-hydroxylation sites is 1. The lowest BCUT2D eigenvalue weighted by molar-refractivity contribution is 0.102. The SMILES string of the molecule is Cc1ccc(C(=O)Nc2ccccc2F)c(-c2ccccc2P(c2ccccc2)c2ccccc2)c1. The van der Waals surface area contributed by atoms with Gasteiger partial charge in [0.15, 0.2) is 0 Å². The van der Waals surface area contributed by atoms with Gasteiger partial charge in [-0.3, -0.25) is 4.79 Å². The number of carbonyl (C=O) groups is 1. The Hall–Kier alpha value is -4.07. The normalized spacial score (nSPS) is 10.9. The standard InChI is InChI=1S/C32H25FNOP/c1-23-20-21-27(32(35)34-30-18-10-9-17-29(30)33)28(22-23)26-16-8-11-19-31(26)36(24-12-4-2-5-13-24)25-14-6-3-7-15-25/h2-22H,1H3,(H,34,35).